The van der Waals surface area contributed by atoms with Crippen molar-refractivity contribution in [3.63, 3.8) is 0 Å². The van der Waals surface area contributed by atoms with Gasteiger partial charge in [0.1, 0.15) is 12.4 Å². The van der Waals surface area contributed by atoms with Crippen molar-refractivity contribution in [2.24, 2.45) is 0 Å². The fraction of sp³-hybridized carbons (Fsp3) is 0.214. The molecule has 2 heterocycles. The van der Waals surface area contributed by atoms with E-state index in [-0.39, 0.29) is 12.5 Å². The minimum absolute atomic E-state index is 0.0174. The molecule has 0 bridgehead atoms. The van der Waals surface area contributed by atoms with Gasteiger partial charge in [0.25, 0.3) is 5.91 Å². The molecule has 22 heavy (non-hydrogen) atoms. The van der Waals surface area contributed by atoms with Crippen LogP contribution < -0.4 is 9.75 Å². The number of hydrogen-bond acceptors (Lipinski definition) is 5. The summed E-state index contributed by atoms with van der Waals surface area (Å²) in [5.74, 6) is 1.43. The van der Waals surface area contributed by atoms with Crippen LogP contribution >= 0.6 is 23.4 Å². The highest BCUT2D eigenvalue weighted by Crippen LogP contribution is 2.26. The van der Waals surface area contributed by atoms with Gasteiger partial charge in [0.2, 0.25) is 5.16 Å². The van der Waals surface area contributed by atoms with Crippen molar-refractivity contribution in [2.45, 2.75) is 11.8 Å². The molecule has 0 saturated carbocycles. The molecule has 0 spiro atoms. The summed E-state index contributed by atoms with van der Waals surface area (Å²) in [6.07, 6.45) is 1.66. The number of fused-ring (bicyclic) bond motifs is 1. The van der Waals surface area contributed by atoms with Crippen LogP contribution in [-0.4, -0.2) is 33.1 Å². The van der Waals surface area contributed by atoms with Gasteiger partial charge in [-0.25, -0.2) is 9.69 Å². The van der Waals surface area contributed by atoms with Crippen LogP contribution in [0.25, 0.3) is 0 Å². The molecule has 0 saturated heterocycles. The van der Waals surface area contributed by atoms with Crippen LogP contribution in [0, 0.1) is 0 Å². The van der Waals surface area contributed by atoms with Gasteiger partial charge in [0.05, 0.1) is 17.3 Å². The van der Waals surface area contributed by atoms with Gasteiger partial charge in [-0.2, -0.15) is 0 Å². The molecule has 8 heteroatoms. The minimum Gasteiger partial charge on any atom is -0.484 e. The lowest BCUT2D eigenvalue weighted by atomic mass is 10.3. The number of thioether (sulfide) groups is 1. The topological polar surface area (TPSA) is 60.3 Å². The van der Waals surface area contributed by atoms with Crippen molar-refractivity contribution < 1.29 is 9.53 Å². The summed E-state index contributed by atoms with van der Waals surface area (Å²) in [6.45, 7) is 4.24. The van der Waals surface area contributed by atoms with Crippen LogP contribution in [0.5, 0.6) is 5.75 Å². The number of carbonyl (C=O) groups excluding carboxylic acids is 1. The highest BCUT2D eigenvalue weighted by atomic mass is 35.5. The Balaban J connectivity index is 1.84. The van der Waals surface area contributed by atoms with E-state index in [0.29, 0.717) is 34.1 Å². The minimum atomic E-state index is -0.0174. The highest BCUT2D eigenvalue weighted by Gasteiger charge is 2.28. The van der Waals surface area contributed by atoms with Crippen molar-refractivity contribution in [2.75, 3.05) is 17.3 Å². The first-order valence-electron chi connectivity index (χ1n) is 6.56. The predicted octanol–water partition coefficient (Wildman–Crippen LogP) is 2.27. The Morgan fingerprint density at radius 1 is 1.41 bits per heavy atom. The lowest BCUT2D eigenvalue weighted by Crippen LogP contribution is -2.45. The quantitative estimate of drug-likeness (QED) is 0.784. The SMILES string of the molecule is C=CCN1C(=O)CSc2nnc(COc3ccccc3Cl)n21. The van der Waals surface area contributed by atoms with E-state index < -0.39 is 0 Å². The molecule has 1 aromatic heterocycles. The normalized spacial score (nSPS) is 13.9. The molecule has 0 aliphatic carbocycles. The lowest BCUT2D eigenvalue weighted by Gasteiger charge is -2.27. The van der Waals surface area contributed by atoms with Gasteiger partial charge in [-0.15, -0.1) is 16.8 Å². The largest absolute Gasteiger partial charge is 0.484 e. The number of aromatic nitrogens is 3. The predicted molar refractivity (Wildman–Crippen MR) is 84.8 cm³/mol. The smallest absolute Gasteiger partial charge is 0.252 e. The number of carbonyl (C=O) groups is 1. The third-order valence-corrected chi connectivity index (χ3v) is 4.24. The standard InChI is InChI=1S/C14H13ClN4O2S/c1-2-7-18-13(20)9-22-14-17-16-12(19(14)18)8-21-11-6-4-3-5-10(11)15/h2-6H,1,7-9H2. The van der Waals surface area contributed by atoms with E-state index in [1.165, 1.54) is 11.8 Å². The fourth-order valence-electron chi connectivity index (χ4n) is 2.04. The van der Waals surface area contributed by atoms with E-state index in [0.717, 1.165) is 0 Å². The van der Waals surface area contributed by atoms with Crippen LogP contribution in [0.4, 0.5) is 0 Å². The van der Waals surface area contributed by atoms with Crippen LogP contribution in [-0.2, 0) is 11.4 Å². The number of rotatable bonds is 5. The van der Waals surface area contributed by atoms with Crippen molar-refractivity contribution >= 4 is 29.3 Å². The number of para-hydroxylation sites is 1. The number of amides is 1. The molecule has 3 rings (SSSR count). The molecular formula is C14H13ClN4O2S. The van der Waals surface area contributed by atoms with E-state index in [1.54, 1.807) is 27.9 Å². The highest BCUT2D eigenvalue weighted by molar-refractivity contribution is 7.99. The van der Waals surface area contributed by atoms with Crippen molar-refractivity contribution in [3.05, 3.63) is 47.8 Å². The first-order chi connectivity index (χ1) is 10.7. The molecule has 2 aromatic rings. The summed E-state index contributed by atoms with van der Waals surface area (Å²) in [5.41, 5.74) is 0. The summed E-state index contributed by atoms with van der Waals surface area (Å²) in [6, 6.07) is 7.19. The second-order valence-corrected chi connectivity index (χ2v) is 5.83. The summed E-state index contributed by atoms with van der Waals surface area (Å²) in [5, 5.41) is 10.9. The molecule has 0 fully saturated rings. The molecule has 0 radical (unpaired) electrons. The number of ether oxygens (including phenoxy) is 1. The van der Waals surface area contributed by atoms with Crippen LogP contribution in [0.1, 0.15) is 5.82 Å². The molecule has 0 unspecified atom stereocenters. The van der Waals surface area contributed by atoms with Crippen molar-refractivity contribution in [1.29, 1.82) is 0 Å². The Hall–Kier alpha value is -1.99. The molecule has 0 N–H and O–H groups in total. The van der Waals surface area contributed by atoms with E-state index in [9.17, 15) is 4.79 Å². The number of hydrogen-bond donors (Lipinski definition) is 0. The van der Waals surface area contributed by atoms with E-state index in [2.05, 4.69) is 16.8 Å². The van der Waals surface area contributed by atoms with Gasteiger partial charge in [0, 0.05) is 0 Å². The molecular weight excluding hydrogens is 324 g/mol. The fourth-order valence-corrected chi connectivity index (χ4v) is 3.06. The van der Waals surface area contributed by atoms with E-state index >= 15 is 0 Å². The Labute approximate surface area is 136 Å². The second kappa shape index (κ2) is 6.41. The summed E-state index contributed by atoms with van der Waals surface area (Å²) in [4.78, 5) is 12.0. The molecule has 1 amide bonds. The van der Waals surface area contributed by atoms with Crippen molar-refractivity contribution in [3.8, 4) is 5.75 Å². The monoisotopic (exact) mass is 336 g/mol. The average Bonchev–Trinajstić information content (AvgIpc) is 2.93. The molecule has 6 nitrogen and oxygen atoms in total. The second-order valence-electron chi connectivity index (χ2n) is 4.48. The molecule has 1 aliphatic heterocycles. The number of benzene rings is 1. The zero-order valence-electron chi connectivity index (χ0n) is 11.6. The van der Waals surface area contributed by atoms with Crippen molar-refractivity contribution in [1.82, 2.24) is 14.9 Å². The van der Waals surface area contributed by atoms with Crippen LogP contribution in [0.15, 0.2) is 42.1 Å². The van der Waals surface area contributed by atoms with Crippen LogP contribution in [0.2, 0.25) is 5.02 Å². The Morgan fingerprint density at radius 3 is 3.00 bits per heavy atom. The van der Waals surface area contributed by atoms with E-state index in [4.69, 9.17) is 16.3 Å². The van der Waals surface area contributed by atoms with Gasteiger partial charge in [-0.3, -0.25) is 4.79 Å². The van der Waals surface area contributed by atoms with Gasteiger partial charge < -0.3 is 4.74 Å². The molecule has 1 aliphatic rings. The molecule has 114 valence electrons. The molecule has 0 atom stereocenters. The summed E-state index contributed by atoms with van der Waals surface area (Å²) in [7, 11) is 0. The Kier molecular flexibility index (Phi) is 4.35. The van der Waals surface area contributed by atoms with Gasteiger partial charge >= 0.3 is 0 Å². The first-order valence-corrected chi connectivity index (χ1v) is 7.93. The first kappa shape index (κ1) is 14.9. The summed E-state index contributed by atoms with van der Waals surface area (Å²) < 4.78 is 7.36. The third-order valence-electron chi connectivity index (χ3n) is 3.03. The summed E-state index contributed by atoms with van der Waals surface area (Å²) >= 11 is 7.41. The van der Waals surface area contributed by atoms with Gasteiger partial charge in [0.15, 0.2) is 5.82 Å². The van der Waals surface area contributed by atoms with E-state index in [1.807, 2.05) is 12.1 Å². The Morgan fingerprint density at radius 2 is 2.23 bits per heavy atom. The zero-order valence-corrected chi connectivity index (χ0v) is 13.2. The Bertz CT molecular complexity index is 719. The maximum Gasteiger partial charge on any atom is 0.252 e. The maximum absolute atomic E-state index is 12.0. The number of halogens is 1. The average molecular weight is 337 g/mol. The van der Waals surface area contributed by atoms with Gasteiger partial charge in [-0.1, -0.05) is 41.6 Å². The van der Waals surface area contributed by atoms with Crippen LogP contribution in [0.3, 0.4) is 0 Å². The lowest BCUT2D eigenvalue weighted by molar-refractivity contribution is -0.117. The number of nitrogens with zero attached hydrogens (tertiary/aromatic N) is 4. The third kappa shape index (κ3) is 2.82. The molecule has 1 aromatic carbocycles. The maximum atomic E-state index is 12.0. The van der Waals surface area contributed by atoms with Gasteiger partial charge in [-0.05, 0) is 12.1 Å². The zero-order chi connectivity index (χ0) is 15.5.